The zero-order chi connectivity index (χ0) is 19.2. The van der Waals surface area contributed by atoms with Gasteiger partial charge in [0.2, 0.25) is 0 Å². The van der Waals surface area contributed by atoms with Crippen LogP contribution in [0, 0.1) is 0 Å². The highest BCUT2D eigenvalue weighted by atomic mass is 16.5. The van der Waals surface area contributed by atoms with Gasteiger partial charge in [-0.2, -0.15) is 0 Å². The summed E-state index contributed by atoms with van der Waals surface area (Å²) in [5.74, 6) is 1.01. The first kappa shape index (κ1) is 19.5. The Morgan fingerprint density at radius 3 is 2.50 bits per heavy atom. The molecule has 7 nitrogen and oxygen atoms in total. The summed E-state index contributed by atoms with van der Waals surface area (Å²) >= 11 is 0. The summed E-state index contributed by atoms with van der Waals surface area (Å²) in [6.07, 6.45) is 1.20. The third kappa shape index (κ3) is 4.59. The van der Waals surface area contributed by atoms with Gasteiger partial charge < -0.3 is 24.6 Å². The molecule has 3 fully saturated rings. The van der Waals surface area contributed by atoms with Crippen molar-refractivity contribution in [3.05, 3.63) is 29.8 Å². The maximum absolute atomic E-state index is 5.51. The predicted molar refractivity (Wildman–Crippen MR) is 112 cm³/mol. The second-order valence-corrected chi connectivity index (χ2v) is 7.67. The van der Waals surface area contributed by atoms with Crippen LogP contribution in [0.15, 0.2) is 29.3 Å². The smallest absolute Gasteiger partial charge is 0.193 e. The van der Waals surface area contributed by atoms with Crippen LogP contribution in [-0.2, 0) is 16.0 Å². The Morgan fingerprint density at radius 2 is 1.75 bits per heavy atom. The van der Waals surface area contributed by atoms with Crippen LogP contribution < -0.4 is 10.2 Å². The number of nitrogens with one attached hydrogen (secondary N) is 1. The second kappa shape index (κ2) is 9.58. The van der Waals surface area contributed by atoms with Crippen LogP contribution in [0.5, 0.6) is 0 Å². The fourth-order valence-electron chi connectivity index (χ4n) is 4.45. The molecule has 7 heteroatoms. The van der Waals surface area contributed by atoms with Gasteiger partial charge in [-0.15, -0.1) is 0 Å². The van der Waals surface area contributed by atoms with Crippen LogP contribution in [0.1, 0.15) is 12.0 Å². The minimum atomic E-state index is 0.614. The van der Waals surface area contributed by atoms with Crippen LogP contribution in [0.4, 0.5) is 5.69 Å². The molecule has 0 amide bonds. The van der Waals surface area contributed by atoms with Crippen molar-refractivity contribution in [2.45, 2.75) is 19.0 Å². The quantitative estimate of drug-likeness (QED) is 0.615. The third-order valence-electron chi connectivity index (χ3n) is 6.02. The Kier molecular flexibility index (Phi) is 6.67. The first-order chi connectivity index (χ1) is 13.8. The van der Waals surface area contributed by atoms with Gasteiger partial charge in [0.15, 0.2) is 5.96 Å². The second-order valence-electron chi connectivity index (χ2n) is 7.67. The number of guanidine groups is 1. The molecule has 1 aromatic carbocycles. The van der Waals surface area contributed by atoms with E-state index in [1.807, 2.05) is 7.05 Å². The molecule has 4 rings (SSSR count). The minimum Gasteiger partial charge on any atom is -0.379 e. The molecule has 0 aliphatic carbocycles. The molecular formula is C21H33N5O2. The number of hydrogen-bond donors (Lipinski definition) is 1. The number of rotatable bonds is 4. The molecule has 1 atom stereocenters. The predicted octanol–water partition coefficient (Wildman–Crippen LogP) is 1.01. The number of anilines is 1. The summed E-state index contributed by atoms with van der Waals surface area (Å²) < 4.78 is 11.0. The van der Waals surface area contributed by atoms with Crippen LogP contribution >= 0.6 is 0 Å². The molecular weight excluding hydrogens is 354 g/mol. The number of morpholine rings is 2. The molecule has 1 N–H and O–H groups in total. The van der Waals surface area contributed by atoms with E-state index in [4.69, 9.17) is 9.47 Å². The van der Waals surface area contributed by atoms with Gasteiger partial charge >= 0.3 is 0 Å². The van der Waals surface area contributed by atoms with Gasteiger partial charge in [0.25, 0.3) is 0 Å². The Balaban J connectivity index is 1.35. The molecule has 0 bridgehead atoms. The number of aliphatic imine (C=N–C) groups is 1. The van der Waals surface area contributed by atoms with Crippen molar-refractivity contribution in [2.24, 2.45) is 4.99 Å². The molecule has 1 aromatic rings. The molecule has 154 valence electrons. The summed E-state index contributed by atoms with van der Waals surface area (Å²) in [4.78, 5) is 12.0. The fourth-order valence-corrected chi connectivity index (χ4v) is 4.45. The number of likely N-dealkylation sites (tertiary alicyclic amines) is 1. The molecule has 1 unspecified atom stereocenters. The molecule has 0 radical (unpaired) electrons. The monoisotopic (exact) mass is 387 g/mol. The largest absolute Gasteiger partial charge is 0.379 e. The van der Waals surface area contributed by atoms with Crippen molar-refractivity contribution in [2.75, 3.05) is 77.6 Å². The molecule has 0 aromatic heterocycles. The average Bonchev–Trinajstić information content (AvgIpc) is 3.26. The molecule has 3 heterocycles. The van der Waals surface area contributed by atoms with Gasteiger partial charge in [0.1, 0.15) is 0 Å². The van der Waals surface area contributed by atoms with Crippen molar-refractivity contribution in [1.82, 2.24) is 15.1 Å². The van der Waals surface area contributed by atoms with E-state index >= 15 is 0 Å². The van der Waals surface area contributed by atoms with E-state index in [0.29, 0.717) is 6.04 Å². The molecule has 0 saturated carbocycles. The van der Waals surface area contributed by atoms with Crippen LogP contribution in [0.25, 0.3) is 0 Å². The molecule has 3 saturated heterocycles. The van der Waals surface area contributed by atoms with Crippen molar-refractivity contribution in [3.63, 3.8) is 0 Å². The van der Waals surface area contributed by atoms with Gasteiger partial charge in [-0.3, -0.25) is 9.89 Å². The number of nitrogens with zero attached hydrogens (tertiary/aromatic N) is 4. The van der Waals surface area contributed by atoms with E-state index in [0.717, 1.165) is 78.2 Å². The van der Waals surface area contributed by atoms with Crippen molar-refractivity contribution >= 4 is 11.6 Å². The van der Waals surface area contributed by atoms with Crippen LogP contribution in [0.3, 0.4) is 0 Å². The Hall–Kier alpha value is -1.83. The highest BCUT2D eigenvalue weighted by Crippen LogP contribution is 2.22. The molecule has 3 aliphatic rings. The highest BCUT2D eigenvalue weighted by Gasteiger charge is 2.30. The molecule has 28 heavy (non-hydrogen) atoms. The lowest BCUT2D eigenvalue weighted by Crippen LogP contribution is -2.46. The lowest BCUT2D eigenvalue weighted by molar-refractivity contribution is 0.0195. The van der Waals surface area contributed by atoms with E-state index in [1.165, 1.54) is 17.7 Å². The van der Waals surface area contributed by atoms with E-state index in [2.05, 4.69) is 49.3 Å². The third-order valence-corrected chi connectivity index (χ3v) is 6.02. The lowest BCUT2D eigenvalue weighted by atomic mass is 10.1. The van der Waals surface area contributed by atoms with E-state index < -0.39 is 0 Å². The zero-order valence-corrected chi connectivity index (χ0v) is 17.0. The highest BCUT2D eigenvalue weighted by molar-refractivity contribution is 5.80. The van der Waals surface area contributed by atoms with Gasteiger partial charge in [-0.25, -0.2) is 0 Å². The number of ether oxygens (including phenoxy) is 2. The van der Waals surface area contributed by atoms with E-state index in [1.54, 1.807) is 0 Å². The number of hydrogen-bond acceptors (Lipinski definition) is 5. The summed E-state index contributed by atoms with van der Waals surface area (Å²) in [6.45, 7) is 10.3. The maximum Gasteiger partial charge on any atom is 0.193 e. The SMILES string of the molecule is CN=C(NCc1ccccc1N1CCOCC1)N1CCC(N2CCOCC2)C1. The van der Waals surface area contributed by atoms with Crippen LogP contribution in [0.2, 0.25) is 0 Å². The van der Waals surface area contributed by atoms with E-state index in [9.17, 15) is 0 Å². The first-order valence-corrected chi connectivity index (χ1v) is 10.5. The first-order valence-electron chi connectivity index (χ1n) is 10.5. The van der Waals surface area contributed by atoms with Gasteiger partial charge in [-0.1, -0.05) is 18.2 Å². The Bertz CT molecular complexity index is 656. The standard InChI is InChI=1S/C21H33N5O2/c1-22-21(26-7-6-19(17-26)24-8-12-27-13-9-24)23-16-18-4-2-3-5-20(18)25-10-14-28-15-11-25/h2-5,19H,6-17H2,1H3,(H,22,23). The Labute approximate surface area is 168 Å². The summed E-state index contributed by atoms with van der Waals surface area (Å²) in [6, 6.07) is 9.29. The molecule has 3 aliphatic heterocycles. The van der Waals surface area contributed by atoms with Crippen molar-refractivity contribution in [3.8, 4) is 0 Å². The topological polar surface area (TPSA) is 52.6 Å². The summed E-state index contributed by atoms with van der Waals surface area (Å²) in [5.41, 5.74) is 2.62. The summed E-state index contributed by atoms with van der Waals surface area (Å²) in [7, 11) is 1.89. The van der Waals surface area contributed by atoms with E-state index in [-0.39, 0.29) is 0 Å². The minimum absolute atomic E-state index is 0.614. The van der Waals surface area contributed by atoms with Crippen molar-refractivity contribution < 1.29 is 9.47 Å². The lowest BCUT2D eigenvalue weighted by Gasteiger charge is -2.32. The van der Waals surface area contributed by atoms with Gasteiger partial charge in [0, 0.05) is 64.6 Å². The average molecular weight is 388 g/mol. The maximum atomic E-state index is 5.51. The zero-order valence-electron chi connectivity index (χ0n) is 17.0. The van der Waals surface area contributed by atoms with Gasteiger partial charge in [-0.05, 0) is 18.1 Å². The Morgan fingerprint density at radius 1 is 1.04 bits per heavy atom. The van der Waals surface area contributed by atoms with Crippen LogP contribution in [-0.4, -0.2) is 94.5 Å². The van der Waals surface area contributed by atoms with Gasteiger partial charge in [0.05, 0.1) is 26.4 Å². The molecule has 0 spiro atoms. The normalized spacial score (nSPS) is 24.6. The summed E-state index contributed by atoms with van der Waals surface area (Å²) in [5, 5.41) is 3.61. The fraction of sp³-hybridized carbons (Fsp3) is 0.667. The number of benzene rings is 1. The van der Waals surface area contributed by atoms with Crippen molar-refractivity contribution in [1.29, 1.82) is 0 Å². The number of para-hydroxylation sites is 1.